The third-order valence-electron chi connectivity index (χ3n) is 6.34. The van der Waals surface area contributed by atoms with E-state index in [1.165, 1.54) is 11.3 Å². The van der Waals surface area contributed by atoms with Gasteiger partial charge in [-0.15, -0.1) is 0 Å². The summed E-state index contributed by atoms with van der Waals surface area (Å²) in [6.07, 6.45) is 4.46. The molecule has 162 valence electrons. The van der Waals surface area contributed by atoms with Crippen molar-refractivity contribution in [2.24, 2.45) is 5.73 Å². The van der Waals surface area contributed by atoms with E-state index in [1.54, 1.807) is 16.5 Å². The summed E-state index contributed by atoms with van der Waals surface area (Å²) >= 11 is 0. The van der Waals surface area contributed by atoms with E-state index in [1.807, 2.05) is 36.5 Å². The number of amides is 1. The molecule has 3 heterocycles. The summed E-state index contributed by atoms with van der Waals surface area (Å²) < 4.78 is 14.9. The second-order valence-corrected chi connectivity index (χ2v) is 8.36. The minimum atomic E-state index is -0.473. The summed E-state index contributed by atoms with van der Waals surface area (Å²) in [5, 5.41) is 0. The minimum absolute atomic E-state index is 0.183. The highest BCUT2D eigenvalue weighted by Crippen LogP contribution is 2.31. The molecule has 0 bridgehead atoms. The number of pyridine rings is 1. The third kappa shape index (κ3) is 3.96. The molecule has 32 heavy (non-hydrogen) atoms. The molecule has 2 aromatic heterocycles. The number of halogens is 1. The molecular weight excluding hydrogens is 403 g/mol. The fraction of sp³-hybridized carbons (Fsp3) is 0.231. The van der Waals surface area contributed by atoms with E-state index in [0.717, 1.165) is 37.1 Å². The third-order valence-corrected chi connectivity index (χ3v) is 6.34. The SMILES string of the molecule is NC(=O)c1c(Cc2ccc(N3CCC(c4ccc(F)cc4)CC3)cc2)nc2ccccn12. The normalized spacial score (nSPS) is 14.7. The molecule has 0 radical (unpaired) electrons. The molecule has 0 aliphatic carbocycles. The molecule has 0 unspecified atom stereocenters. The van der Waals surface area contributed by atoms with Gasteiger partial charge in [0.05, 0.1) is 5.69 Å². The number of primary amides is 1. The smallest absolute Gasteiger partial charge is 0.267 e. The Hall–Kier alpha value is -3.67. The highest BCUT2D eigenvalue weighted by molar-refractivity contribution is 5.93. The number of piperidine rings is 1. The number of benzene rings is 2. The molecule has 6 heteroatoms. The van der Waals surface area contributed by atoms with Crippen LogP contribution in [0.4, 0.5) is 10.1 Å². The highest BCUT2D eigenvalue weighted by atomic mass is 19.1. The quantitative estimate of drug-likeness (QED) is 0.507. The van der Waals surface area contributed by atoms with Gasteiger partial charge in [0.25, 0.3) is 5.91 Å². The number of hydrogen-bond acceptors (Lipinski definition) is 3. The van der Waals surface area contributed by atoms with Crippen LogP contribution >= 0.6 is 0 Å². The largest absolute Gasteiger partial charge is 0.371 e. The fourth-order valence-corrected chi connectivity index (χ4v) is 4.65. The number of nitrogens with zero attached hydrogens (tertiary/aromatic N) is 3. The second kappa shape index (κ2) is 8.46. The van der Waals surface area contributed by atoms with Crippen molar-refractivity contribution in [3.63, 3.8) is 0 Å². The Kier molecular flexibility index (Phi) is 5.35. The summed E-state index contributed by atoms with van der Waals surface area (Å²) in [6, 6.07) is 21.0. The maximum Gasteiger partial charge on any atom is 0.267 e. The summed E-state index contributed by atoms with van der Waals surface area (Å²) in [5.74, 6) is -0.175. The summed E-state index contributed by atoms with van der Waals surface area (Å²) in [5.41, 5.74) is 11.0. The molecule has 4 aromatic rings. The Bertz CT molecular complexity index is 1240. The van der Waals surface area contributed by atoms with Crippen LogP contribution in [-0.4, -0.2) is 28.4 Å². The number of hydrogen-bond donors (Lipinski definition) is 1. The molecule has 2 aromatic carbocycles. The maximum atomic E-state index is 13.2. The number of anilines is 1. The van der Waals surface area contributed by atoms with Crippen molar-refractivity contribution in [3.05, 3.63) is 101 Å². The van der Waals surface area contributed by atoms with Crippen LogP contribution in [0.2, 0.25) is 0 Å². The number of aromatic nitrogens is 2. The fourth-order valence-electron chi connectivity index (χ4n) is 4.65. The number of carbonyl (C=O) groups is 1. The Morgan fingerprint density at radius 3 is 2.41 bits per heavy atom. The van der Waals surface area contributed by atoms with Gasteiger partial charge in [0.15, 0.2) is 0 Å². The van der Waals surface area contributed by atoms with Crippen LogP contribution in [0, 0.1) is 5.82 Å². The molecule has 2 N–H and O–H groups in total. The van der Waals surface area contributed by atoms with Gasteiger partial charge in [-0.3, -0.25) is 9.20 Å². The first-order valence-corrected chi connectivity index (χ1v) is 10.9. The topological polar surface area (TPSA) is 63.6 Å². The van der Waals surface area contributed by atoms with Crippen molar-refractivity contribution in [2.75, 3.05) is 18.0 Å². The van der Waals surface area contributed by atoms with Gasteiger partial charge >= 0.3 is 0 Å². The first-order chi connectivity index (χ1) is 15.6. The molecule has 1 aliphatic rings. The van der Waals surface area contributed by atoms with Crippen molar-refractivity contribution in [3.8, 4) is 0 Å². The van der Waals surface area contributed by atoms with Gasteiger partial charge in [-0.2, -0.15) is 0 Å². The molecule has 5 rings (SSSR count). The summed E-state index contributed by atoms with van der Waals surface area (Å²) in [4.78, 5) is 19.0. The lowest BCUT2D eigenvalue weighted by molar-refractivity contribution is 0.0994. The molecule has 0 atom stereocenters. The van der Waals surface area contributed by atoms with Crippen LogP contribution in [0.5, 0.6) is 0 Å². The van der Waals surface area contributed by atoms with Gasteiger partial charge < -0.3 is 10.6 Å². The second-order valence-electron chi connectivity index (χ2n) is 8.36. The summed E-state index contributed by atoms with van der Waals surface area (Å²) in [6.45, 7) is 1.94. The zero-order chi connectivity index (χ0) is 22.1. The van der Waals surface area contributed by atoms with Crippen LogP contribution in [0.25, 0.3) is 5.65 Å². The van der Waals surface area contributed by atoms with Gasteiger partial charge in [0.1, 0.15) is 17.2 Å². The van der Waals surface area contributed by atoms with Crippen molar-refractivity contribution in [1.29, 1.82) is 0 Å². The molecule has 1 amide bonds. The van der Waals surface area contributed by atoms with Crippen LogP contribution in [0.15, 0.2) is 72.9 Å². The lowest BCUT2D eigenvalue weighted by Crippen LogP contribution is -2.32. The van der Waals surface area contributed by atoms with Gasteiger partial charge in [-0.05, 0) is 66.3 Å². The van der Waals surface area contributed by atoms with E-state index in [9.17, 15) is 9.18 Å². The molecule has 1 saturated heterocycles. The zero-order valence-electron chi connectivity index (χ0n) is 17.7. The highest BCUT2D eigenvalue weighted by Gasteiger charge is 2.21. The Morgan fingerprint density at radius 2 is 1.72 bits per heavy atom. The number of imidazole rings is 1. The monoisotopic (exact) mass is 428 g/mol. The van der Waals surface area contributed by atoms with E-state index in [4.69, 9.17) is 5.73 Å². The Labute approximate surface area is 186 Å². The number of rotatable bonds is 5. The average Bonchev–Trinajstić information content (AvgIpc) is 3.18. The van der Waals surface area contributed by atoms with Crippen molar-refractivity contribution >= 4 is 17.2 Å². The zero-order valence-corrected chi connectivity index (χ0v) is 17.7. The minimum Gasteiger partial charge on any atom is -0.371 e. The van der Waals surface area contributed by atoms with E-state index in [2.05, 4.69) is 34.1 Å². The predicted octanol–water partition coefficient (Wildman–Crippen LogP) is 4.55. The van der Waals surface area contributed by atoms with Crippen molar-refractivity contribution in [2.45, 2.75) is 25.2 Å². The van der Waals surface area contributed by atoms with E-state index in [-0.39, 0.29) is 5.82 Å². The van der Waals surface area contributed by atoms with Crippen LogP contribution in [-0.2, 0) is 6.42 Å². The lowest BCUT2D eigenvalue weighted by Gasteiger charge is -2.34. The standard InChI is InChI=1S/C26H25FN4O/c27-21-8-6-19(7-9-21)20-12-15-30(16-13-20)22-10-4-18(5-11-22)17-23-25(26(28)32)31-14-2-1-3-24(31)29-23/h1-11,14,20H,12-13,15-17H2,(H2,28,32). The van der Waals surface area contributed by atoms with Crippen LogP contribution in [0.1, 0.15) is 46.1 Å². The lowest BCUT2D eigenvalue weighted by atomic mass is 9.89. The van der Waals surface area contributed by atoms with Gasteiger partial charge in [-0.25, -0.2) is 9.37 Å². The van der Waals surface area contributed by atoms with Crippen molar-refractivity contribution < 1.29 is 9.18 Å². The molecule has 0 saturated carbocycles. The number of nitrogens with two attached hydrogens (primary N) is 1. The molecule has 1 fully saturated rings. The van der Waals surface area contributed by atoms with E-state index in [0.29, 0.717) is 23.7 Å². The maximum absolute atomic E-state index is 13.2. The summed E-state index contributed by atoms with van der Waals surface area (Å²) in [7, 11) is 0. The van der Waals surface area contributed by atoms with Gasteiger partial charge in [0.2, 0.25) is 0 Å². The van der Waals surface area contributed by atoms with Crippen LogP contribution < -0.4 is 10.6 Å². The average molecular weight is 429 g/mol. The molecule has 5 nitrogen and oxygen atoms in total. The van der Waals surface area contributed by atoms with Gasteiger partial charge in [0, 0.05) is 31.4 Å². The predicted molar refractivity (Wildman–Crippen MR) is 124 cm³/mol. The van der Waals surface area contributed by atoms with Crippen molar-refractivity contribution in [1.82, 2.24) is 9.38 Å². The van der Waals surface area contributed by atoms with E-state index < -0.39 is 5.91 Å². The Balaban J connectivity index is 1.27. The Morgan fingerprint density at radius 1 is 1.00 bits per heavy atom. The molecule has 1 aliphatic heterocycles. The van der Waals surface area contributed by atoms with E-state index >= 15 is 0 Å². The first-order valence-electron chi connectivity index (χ1n) is 10.9. The van der Waals surface area contributed by atoms with Gasteiger partial charge in [-0.1, -0.05) is 30.3 Å². The molecule has 0 spiro atoms. The van der Waals surface area contributed by atoms with Crippen LogP contribution in [0.3, 0.4) is 0 Å². The number of carbonyl (C=O) groups excluding carboxylic acids is 1. The molecular formula is C26H25FN4O. The number of fused-ring (bicyclic) bond motifs is 1. The first kappa shape index (κ1) is 20.2.